The van der Waals surface area contributed by atoms with Gasteiger partial charge in [-0.25, -0.2) is 0 Å². The number of nitrogens with one attached hydrogen (secondary N) is 2. The molecule has 0 saturated carbocycles. The first-order valence-electron chi connectivity index (χ1n) is 9.76. The average molecular weight is 499 g/mol. The van der Waals surface area contributed by atoms with Gasteiger partial charge in [-0.2, -0.15) is 0 Å². The van der Waals surface area contributed by atoms with Crippen molar-refractivity contribution in [3.8, 4) is 17.2 Å². The summed E-state index contributed by atoms with van der Waals surface area (Å²) in [5.41, 5.74) is 1.94. The second-order valence-corrected chi connectivity index (χ2v) is 7.63. The van der Waals surface area contributed by atoms with Gasteiger partial charge < -0.3 is 24.8 Å². The number of amides is 2. The third-order valence-corrected chi connectivity index (χ3v) is 5.00. The average Bonchev–Trinajstić information content (AvgIpc) is 2.81. The quantitative estimate of drug-likeness (QED) is 0.456. The molecule has 32 heavy (non-hydrogen) atoms. The summed E-state index contributed by atoms with van der Waals surface area (Å²) in [7, 11) is 3.00. The van der Waals surface area contributed by atoms with Crippen LogP contribution in [-0.2, 0) is 11.3 Å². The van der Waals surface area contributed by atoms with Gasteiger partial charge in [0.1, 0.15) is 5.75 Å². The summed E-state index contributed by atoms with van der Waals surface area (Å²) in [4.78, 5) is 24.8. The molecule has 7 nitrogen and oxygen atoms in total. The van der Waals surface area contributed by atoms with Crippen molar-refractivity contribution < 1.29 is 23.8 Å². The second-order valence-electron chi connectivity index (χ2n) is 6.72. The van der Waals surface area contributed by atoms with E-state index in [4.69, 9.17) is 14.2 Å². The van der Waals surface area contributed by atoms with E-state index in [-0.39, 0.29) is 18.4 Å². The summed E-state index contributed by atoms with van der Waals surface area (Å²) in [6, 6.07) is 19.6. The van der Waals surface area contributed by atoms with Crippen LogP contribution in [0.5, 0.6) is 17.2 Å². The predicted octanol–water partition coefficient (Wildman–Crippen LogP) is 4.41. The molecule has 166 valence electrons. The first kappa shape index (κ1) is 23.1. The number of anilines is 1. The van der Waals surface area contributed by atoms with Crippen molar-refractivity contribution in [3.05, 3.63) is 82.3 Å². The first-order valence-corrected chi connectivity index (χ1v) is 10.6. The highest BCUT2D eigenvalue weighted by molar-refractivity contribution is 9.10. The monoisotopic (exact) mass is 498 g/mol. The Balaban J connectivity index is 1.59. The van der Waals surface area contributed by atoms with Crippen molar-refractivity contribution in [2.75, 3.05) is 26.1 Å². The number of para-hydroxylation sites is 2. The molecule has 3 rings (SSSR count). The van der Waals surface area contributed by atoms with Crippen LogP contribution in [0, 0.1) is 0 Å². The first-order chi connectivity index (χ1) is 15.5. The Morgan fingerprint density at radius 1 is 0.875 bits per heavy atom. The largest absolute Gasteiger partial charge is 0.495 e. The lowest BCUT2D eigenvalue weighted by Gasteiger charge is -2.13. The van der Waals surface area contributed by atoms with Gasteiger partial charge in [-0.1, -0.05) is 40.2 Å². The molecule has 0 aliphatic rings. The standard InChI is InChI=1S/C24H23BrN2O5/c1-30-20-9-4-3-8-19(20)27-23(28)15-32-21-11-10-17(13-22(21)31-2)24(29)26-14-16-6-5-7-18(25)12-16/h3-13H,14-15H2,1-2H3,(H,26,29)(H,27,28). The van der Waals surface area contributed by atoms with Crippen LogP contribution in [0.1, 0.15) is 15.9 Å². The molecule has 0 atom stereocenters. The Labute approximate surface area is 194 Å². The van der Waals surface area contributed by atoms with Gasteiger partial charge in [0.15, 0.2) is 18.1 Å². The molecule has 0 aliphatic carbocycles. The number of hydrogen-bond donors (Lipinski definition) is 2. The van der Waals surface area contributed by atoms with E-state index in [9.17, 15) is 9.59 Å². The number of hydrogen-bond acceptors (Lipinski definition) is 5. The molecular weight excluding hydrogens is 476 g/mol. The lowest BCUT2D eigenvalue weighted by molar-refractivity contribution is -0.118. The summed E-state index contributed by atoms with van der Waals surface area (Å²) in [5, 5.41) is 5.61. The minimum Gasteiger partial charge on any atom is -0.495 e. The highest BCUT2D eigenvalue weighted by atomic mass is 79.9. The molecule has 0 heterocycles. The molecule has 0 fully saturated rings. The van der Waals surface area contributed by atoms with Crippen LogP contribution in [0.4, 0.5) is 5.69 Å². The topological polar surface area (TPSA) is 85.9 Å². The van der Waals surface area contributed by atoms with E-state index < -0.39 is 0 Å². The van der Waals surface area contributed by atoms with Gasteiger partial charge in [0, 0.05) is 16.6 Å². The van der Waals surface area contributed by atoms with Crippen LogP contribution in [0.15, 0.2) is 71.2 Å². The SMILES string of the molecule is COc1ccccc1NC(=O)COc1ccc(C(=O)NCc2cccc(Br)c2)cc1OC. The molecule has 0 spiro atoms. The van der Waals surface area contributed by atoms with E-state index in [1.54, 1.807) is 36.4 Å². The number of carbonyl (C=O) groups excluding carboxylic acids is 2. The summed E-state index contributed by atoms with van der Waals surface area (Å²) in [5.74, 6) is 0.657. The molecule has 8 heteroatoms. The zero-order chi connectivity index (χ0) is 22.9. The Kier molecular flexibility index (Phi) is 8.10. The number of rotatable bonds is 9. The lowest BCUT2D eigenvalue weighted by atomic mass is 10.1. The maximum atomic E-state index is 12.5. The molecule has 2 amide bonds. The van der Waals surface area contributed by atoms with E-state index >= 15 is 0 Å². The van der Waals surface area contributed by atoms with E-state index in [2.05, 4.69) is 26.6 Å². The van der Waals surface area contributed by atoms with Crippen molar-refractivity contribution in [2.45, 2.75) is 6.54 Å². The molecule has 0 aromatic heterocycles. The van der Waals surface area contributed by atoms with Gasteiger partial charge in [-0.05, 0) is 48.0 Å². The van der Waals surface area contributed by atoms with Crippen LogP contribution >= 0.6 is 15.9 Å². The molecule has 0 aliphatic heterocycles. The maximum absolute atomic E-state index is 12.5. The van der Waals surface area contributed by atoms with Crippen LogP contribution in [0.2, 0.25) is 0 Å². The number of methoxy groups -OCH3 is 2. The Bertz CT molecular complexity index is 1100. The van der Waals surface area contributed by atoms with Crippen LogP contribution in [-0.4, -0.2) is 32.6 Å². The number of benzene rings is 3. The highest BCUT2D eigenvalue weighted by Crippen LogP contribution is 2.28. The molecule has 3 aromatic rings. The molecule has 0 unspecified atom stereocenters. The Morgan fingerprint density at radius 3 is 2.41 bits per heavy atom. The van der Waals surface area contributed by atoms with Crippen LogP contribution in [0.25, 0.3) is 0 Å². The minimum atomic E-state index is -0.354. The van der Waals surface area contributed by atoms with Crippen molar-refractivity contribution >= 4 is 33.4 Å². The molecule has 0 saturated heterocycles. The van der Waals surface area contributed by atoms with E-state index in [1.165, 1.54) is 14.2 Å². The van der Waals surface area contributed by atoms with Gasteiger partial charge in [-0.3, -0.25) is 9.59 Å². The van der Waals surface area contributed by atoms with E-state index in [0.29, 0.717) is 35.0 Å². The van der Waals surface area contributed by atoms with Gasteiger partial charge in [0.25, 0.3) is 11.8 Å². The molecule has 0 radical (unpaired) electrons. The fourth-order valence-electron chi connectivity index (χ4n) is 2.94. The zero-order valence-corrected chi connectivity index (χ0v) is 19.3. The van der Waals surface area contributed by atoms with Gasteiger partial charge in [-0.15, -0.1) is 0 Å². The van der Waals surface area contributed by atoms with E-state index in [0.717, 1.165) is 10.0 Å². The van der Waals surface area contributed by atoms with Crippen molar-refractivity contribution in [1.29, 1.82) is 0 Å². The normalized spacial score (nSPS) is 10.2. The summed E-state index contributed by atoms with van der Waals surface area (Å²) in [6.07, 6.45) is 0. The van der Waals surface area contributed by atoms with Gasteiger partial charge in [0.05, 0.1) is 19.9 Å². The van der Waals surface area contributed by atoms with Crippen LogP contribution in [0.3, 0.4) is 0 Å². The van der Waals surface area contributed by atoms with Gasteiger partial charge >= 0.3 is 0 Å². The smallest absolute Gasteiger partial charge is 0.262 e. The third kappa shape index (κ3) is 6.24. The fraction of sp³-hybridized carbons (Fsp3) is 0.167. The fourth-order valence-corrected chi connectivity index (χ4v) is 3.38. The zero-order valence-electron chi connectivity index (χ0n) is 17.7. The number of carbonyl (C=O) groups is 2. The molecule has 0 bridgehead atoms. The maximum Gasteiger partial charge on any atom is 0.262 e. The summed E-state index contributed by atoms with van der Waals surface area (Å²) >= 11 is 3.41. The Morgan fingerprint density at radius 2 is 1.66 bits per heavy atom. The third-order valence-electron chi connectivity index (χ3n) is 4.51. The number of halogens is 1. The Hall–Kier alpha value is -3.52. The van der Waals surface area contributed by atoms with Crippen molar-refractivity contribution in [1.82, 2.24) is 5.32 Å². The van der Waals surface area contributed by atoms with Crippen LogP contribution < -0.4 is 24.8 Å². The van der Waals surface area contributed by atoms with Crippen molar-refractivity contribution in [3.63, 3.8) is 0 Å². The van der Waals surface area contributed by atoms with Crippen molar-refractivity contribution in [2.24, 2.45) is 0 Å². The summed E-state index contributed by atoms with van der Waals surface area (Å²) < 4.78 is 17.1. The minimum absolute atomic E-state index is 0.233. The molecular formula is C24H23BrN2O5. The predicted molar refractivity (Wildman–Crippen MR) is 125 cm³/mol. The highest BCUT2D eigenvalue weighted by Gasteiger charge is 2.13. The molecule has 3 aromatic carbocycles. The second kappa shape index (κ2) is 11.2. The summed E-state index contributed by atoms with van der Waals surface area (Å²) in [6.45, 7) is 0.158. The van der Waals surface area contributed by atoms with E-state index in [1.807, 2.05) is 30.3 Å². The molecule has 2 N–H and O–H groups in total. The van der Waals surface area contributed by atoms with Gasteiger partial charge in [0.2, 0.25) is 0 Å². The lowest BCUT2D eigenvalue weighted by Crippen LogP contribution is -2.23. The number of ether oxygens (including phenoxy) is 3.